The maximum absolute atomic E-state index is 13.7. The number of aromatic hydroxyl groups is 1. The molecule has 0 saturated carbocycles. The van der Waals surface area contributed by atoms with E-state index >= 15 is 0 Å². The summed E-state index contributed by atoms with van der Waals surface area (Å²) in [6.45, 7) is 0.142. The van der Waals surface area contributed by atoms with Gasteiger partial charge in [-0.05, 0) is 60.2 Å². The Morgan fingerprint density at radius 3 is 2.53 bits per heavy atom. The van der Waals surface area contributed by atoms with Gasteiger partial charge in [-0.15, -0.1) is 0 Å². The Balaban J connectivity index is 1.41. The van der Waals surface area contributed by atoms with Crippen molar-refractivity contribution in [2.24, 2.45) is 0 Å². The van der Waals surface area contributed by atoms with Crippen LogP contribution in [0.3, 0.4) is 0 Å². The highest BCUT2D eigenvalue weighted by atomic mass is 35.5. The number of benzene rings is 2. The molecule has 0 aliphatic carbocycles. The van der Waals surface area contributed by atoms with Crippen LogP contribution in [0.5, 0.6) is 5.88 Å². The van der Waals surface area contributed by atoms with Crippen molar-refractivity contribution in [2.75, 3.05) is 10.6 Å². The Morgan fingerprint density at radius 2 is 1.79 bits per heavy atom. The number of amides is 3. The van der Waals surface area contributed by atoms with Crippen LogP contribution in [0.2, 0.25) is 5.02 Å². The van der Waals surface area contributed by atoms with E-state index in [2.05, 4.69) is 20.6 Å². The molecule has 2 aromatic carbocycles. The van der Waals surface area contributed by atoms with Crippen molar-refractivity contribution in [1.82, 2.24) is 14.9 Å². The first-order valence-corrected chi connectivity index (χ1v) is 12.1. The number of pyridine rings is 2. The topological polar surface area (TPSA) is 125 Å². The fraction of sp³-hybridized carbons (Fsp3) is 0.107. The summed E-state index contributed by atoms with van der Waals surface area (Å²) >= 11 is 6.12. The lowest BCUT2D eigenvalue weighted by molar-refractivity contribution is -0.120. The number of hydrogen-bond acceptors (Lipinski definition) is 6. The Morgan fingerprint density at radius 1 is 1.00 bits per heavy atom. The van der Waals surface area contributed by atoms with Gasteiger partial charge < -0.3 is 20.6 Å². The maximum Gasteiger partial charge on any atom is 0.261 e. The van der Waals surface area contributed by atoms with Crippen LogP contribution in [0.4, 0.5) is 11.4 Å². The molecule has 38 heavy (non-hydrogen) atoms. The van der Waals surface area contributed by atoms with E-state index in [1.807, 2.05) is 12.1 Å². The molecule has 0 unspecified atom stereocenters. The molecular formula is C28H22ClN5O4. The van der Waals surface area contributed by atoms with Crippen LogP contribution in [0.25, 0.3) is 0 Å². The third kappa shape index (κ3) is 5.33. The van der Waals surface area contributed by atoms with Crippen molar-refractivity contribution in [1.29, 1.82) is 0 Å². The quantitative estimate of drug-likeness (QED) is 0.343. The number of carbonyl (C=O) groups is 3. The van der Waals surface area contributed by atoms with E-state index < -0.39 is 11.9 Å². The molecule has 0 bridgehead atoms. The highest BCUT2D eigenvalue weighted by Gasteiger charge is 2.36. The van der Waals surface area contributed by atoms with Crippen LogP contribution >= 0.6 is 11.6 Å². The monoisotopic (exact) mass is 527 g/mol. The number of hydrogen-bond donors (Lipinski definition) is 3. The molecule has 0 radical (unpaired) electrons. The van der Waals surface area contributed by atoms with E-state index in [-0.39, 0.29) is 36.2 Å². The average molecular weight is 528 g/mol. The number of nitrogens with zero attached hydrogens (tertiary/aromatic N) is 3. The molecule has 5 rings (SSSR count). The van der Waals surface area contributed by atoms with Gasteiger partial charge in [-0.2, -0.15) is 0 Å². The fourth-order valence-corrected chi connectivity index (χ4v) is 4.40. The molecule has 3 heterocycles. The minimum Gasteiger partial charge on any atom is -0.493 e. The molecule has 1 aliphatic rings. The Hall–Kier alpha value is -4.76. The smallest absolute Gasteiger partial charge is 0.261 e. The van der Waals surface area contributed by atoms with Crippen LogP contribution in [0.15, 0.2) is 85.2 Å². The van der Waals surface area contributed by atoms with E-state index in [0.717, 1.165) is 5.56 Å². The number of aromatic nitrogens is 2. The second-order valence-electron chi connectivity index (χ2n) is 8.68. The van der Waals surface area contributed by atoms with Crippen molar-refractivity contribution in [3.8, 4) is 5.88 Å². The zero-order valence-electron chi connectivity index (χ0n) is 20.0. The van der Waals surface area contributed by atoms with Gasteiger partial charge >= 0.3 is 0 Å². The first-order chi connectivity index (χ1) is 18.4. The first kappa shape index (κ1) is 24.9. The van der Waals surface area contributed by atoms with Gasteiger partial charge in [0.1, 0.15) is 11.6 Å². The second-order valence-corrected chi connectivity index (χ2v) is 9.12. The van der Waals surface area contributed by atoms with E-state index in [9.17, 15) is 19.5 Å². The molecule has 1 aliphatic heterocycles. The molecule has 3 amide bonds. The highest BCUT2D eigenvalue weighted by molar-refractivity contribution is 6.31. The van der Waals surface area contributed by atoms with Crippen LogP contribution in [-0.2, 0) is 17.8 Å². The van der Waals surface area contributed by atoms with E-state index in [0.29, 0.717) is 27.7 Å². The predicted molar refractivity (Wildman–Crippen MR) is 142 cm³/mol. The van der Waals surface area contributed by atoms with Gasteiger partial charge in [0, 0.05) is 41.8 Å². The van der Waals surface area contributed by atoms with Crippen molar-refractivity contribution in [2.45, 2.75) is 19.0 Å². The van der Waals surface area contributed by atoms with Gasteiger partial charge in [0.15, 0.2) is 0 Å². The van der Waals surface area contributed by atoms with Crippen molar-refractivity contribution in [3.63, 3.8) is 0 Å². The largest absolute Gasteiger partial charge is 0.493 e. The summed E-state index contributed by atoms with van der Waals surface area (Å²) in [6.07, 6.45) is 3.26. The molecule has 1 atom stereocenters. The summed E-state index contributed by atoms with van der Waals surface area (Å²) in [5.74, 6) is -1.53. The van der Waals surface area contributed by atoms with E-state index in [4.69, 9.17) is 11.6 Å². The molecular weight excluding hydrogens is 506 g/mol. The first-order valence-electron chi connectivity index (χ1n) is 11.7. The standard InChI is InChI=1S/C28H22ClN5O4/c29-18-8-11-21-23(14-18)33-27(37)24(15-20-4-1-2-12-30-20)34(28(21)38)16-17-6-9-19(10-7-17)32-26(36)22-5-3-13-31-25(22)35/h1-14,24H,15-16H2,(H,31,35)(H,32,36)(H,33,37)/t24-/m1/s1. The fourth-order valence-electron chi connectivity index (χ4n) is 4.22. The summed E-state index contributed by atoms with van der Waals surface area (Å²) in [5, 5.41) is 15.8. The van der Waals surface area contributed by atoms with Gasteiger partial charge in [0.2, 0.25) is 11.8 Å². The molecule has 10 heteroatoms. The molecule has 9 nitrogen and oxygen atoms in total. The average Bonchev–Trinajstić information content (AvgIpc) is 3.00. The zero-order valence-corrected chi connectivity index (χ0v) is 20.7. The number of carbonyl (C=O) groups excluding carboxylic acids is 3. The van der Waals surface area contributed by atoms with Crippen LogP contribution in [-0.4, -0.2) is 43.7 Å². The maximum atomic E-state index is 13.7. The third-order valence-electron chi connectivity index (χ3n) is 6.13. The van der Waals surface area contributed by atoms with Gasteiger partial charge in [-0.3, -0.25) is 19.4 Å². The summed E-state index contributed by atoms with van der Waals surface area (Å²) in [7, 11) is 0. The number of halogens is 1. The molecule has 0 spiro atoms. The second kappa shape index (κ2) is 10.7. The Kier molecular flexibility index (Phi) is 7.01. The number of nitrogens with one attached hydrogen (secondary N) is 2. The van der Waals surface area contributed by atoms with Crippen LogP contribution < -0.4 is 10.6 Å². The summed E-state index contributed by atoms with van der Waals surface area (Å²) in [4.78, 5) is 49.1. The minimum atomic E-state index is -0.823. The van der Waals surface area contributed by atoms with Crippen LogP contribution in [0.1, 0.15) is 32.0 Å². The van der Waals surface area contributed by atoms with Gasteiger partial charge in [-0.1, -0.05) is 29.8 Å². The Bertz CT molecular complexity index is 1510. The number of fused-ring (bicyclic) bond motifs is 1. The normalized spacial score (nSPS) is 14.9. The Labute approximate surface area is 223 Å². The molecule has 0 saturated heterocycles. The summed E-state index contributed by atoms with van der Waals surface area (Å²) in [5.41, 5.74) is 2.66. The molecule has 4 aromatic rings. The zero-order chi connectivity index (χ0) is 26.6. The summed E-state index contributed by atoms with van der Waals surface area (Å²) < 4.78 is 0. The number of anilines is 2. The number of rotatable bonds is 6. The van der Waals surface area contributed by atoms with Gasteiger partial charge in [0.05, 0.1) is 11.3 Å². The molecule has 2 aromatic heterocycles. The van der Waals surface area contributed by atoms with Crippen molar-refractivity contribution < 1.29 is 19.5 Å². The van der Waals surface area contributed by atoms with E-state index in [1.54, 1.807) is 60.8 Å². The third-order valence-corrected chi connectivity index (χ3v) is 6.37. The summed E-state index contributed by atoms with van der Waals surface area (Å²) in [6, 6.07) is 19.3. The molecule has 3 N–H and O–H groups in total. The lowest BCUT2D eigenvalue weighted by atomic mass is 10.1. The van der Waals surface area contributed by atoms with E-state index in [1.165, 1.54) is 17.2 Å². The van der Waals surface area contributed by atoms with Gasteiger partial charge in [-0.25, -0.2) is 4.98 Å². The predicted octanol–water partition coefficient (Wildman–Crippen LogP) is 4.29. The molecule has 0 fully saturated rings. The van der Waals surface area contributed by atoms with Crippen molar-refractivity contribution >= 4 is 40.7 Å². The highest BCUT2D eigenvalue weighted by Crippen LogP contribution is 2.29. The SMILES string of the molecule is O=C(Nc1ccc(CN2C(=O)c3ccc(Cl)cc3NC(=O)[C@H]2Cc2ccccn2)cc1)c1cccnc1O. The van der Waals surface area contributed by atoms with Crippen molar-refractivity contribution in [3.05, 3.63) is 113 Å². The van der Waals surface area contributed by atoms with Crippen LogP contribution in [0, 0.1) is 0 Å². The lowest BCUT2D eigenvalue weighted by Crippen LogP contribution is -2.46. The van der Waals surface area contributed by atoms with Gasteiger partial charge in [0.25, 0.3) is 11.8 Å². The lowest BCUT2D eigenvalue weighted by Gasteiger charge is -2.29. The minimum absolute atomic E-state index is 0.0499. The molecule has 190 valence electrons.